The Kier molecular flexibility index (Phi) is 4.91. The largest absolute Gasteiger partial charge is 0.364 e. The smallest absolute Gasteiger partial charge is 0.353 e. The summed E-state index contributed by atoms with van der Waals surface area (Å²) in [4.78, 5) is 18.6. The minimum atomic E-state index is -0.503. The van der Waals surface area contributed by atoms with Crippen LogP contribution in [0.15, 0.2) is 24.7 Å². The minimum absolute atomic E-state index is 0.152. The Morgan fingerprint density at radius 3 is 2.67 bits per heavy atom. The Morgan fingerprint density at radius 1 is 1.29 bits per heavy atom. The summed E-state index contributed by atoms with van der Waals surface area (Å²) >= 11 is 0. The molecule has 0 saturated carbocycles. The topological polar surface area (TPSA) is 119 Å². The highest BCUT2D eigenvalue weighted by atomic mass is 16.6. The van der Waals surface area contributed by atoms with Gasteiger partial charge in [-0.1, -0.05) is 6.92 Å². The molecule has 2 aromatic rings. The first-order valence-corrected chi connectivity index (χ1v) is 6.46. The van der Waals surface area contributed by atoms with E-state index in [1.54, 1.807) is 18.3 Å². The lowest BCUT2D eigenvalue weighted by Gasteiger charge is -2.09. The van der Waals surface area contributed by atoms with Gasteiger partial charge in [-0.15, -0.1) is 0 Å². The second kappa shape index (κ2) is 7.08. The van der Waals surface area contributed by atoms with Gasteiger partial charge in [0.25, 0.3) is 0 Å². The zero-order valence-corrected chi connectivity index (χ0v) is 11.5. The normalized spacial score (nSPS) is 10.1. The molecule has 0 radical (unpaired) electrons. The zero-order valence-electron chi connectivity index (χ0n) is 11.5. The highest BCUT2D eigenvalue weighted by molar-refractivity contribution is 5.69. The van der Waals surface area contributed by atoms with Crippen LogP contribution in [0.1, 0.15) is 19.0 Å². The van der Waals surface area contributed by atoms with Crippen LogP contribution in [-0.4, -0.2) is 31.6 Å². The minimum Gasteiger partial charge on any atom is -0.364 e. The van der Waals surface area contributed by atoms with Crippen molar-refractivity contribution in [1.29, 1.82) is 0 Å². The average molecular weight is 289 g/mol. The van der Waals surface area contributed by atoms with E-state index in [4.69, 9.17) is 0 Å². The molecule has 0 aliphatic carbocycles. The molecular weight excluding hydrogens is 274 g/mol. The van der Waals surface area contributed by atoms with Crippen LogP contribution in [0.2, 0.25) is 0 Å². The van der Waals surface area contributed by atoms with Gasteiger partial charge in [-0.25, -0.2) is 9.97 Å². The van der Waals surface area contributed by atoms with Crippen LogP contribution in [0.5, 0.6) is 0 Å². The molecule has 0 fully saturated rings. The third-order valence-electron chi connectivity index (χ3n) is 2.61. The number of aromatic nitrogens is 4. The van der Waals surface area contributed by atoms with Gasteiger partial charge in [-0.05, 0) is 18.6 Å². The Labute approximate surface area is 121 Å². The fraction of sp³-hybridized carbons (Fsp3) is 0.333. The van der Waals surface area contributed by atoms with E-state index in [9.17, 15) is 10.1 Å². The molecule has 0 aliphatic rings. The molecule has 9 nitrogen and oxygen atoms in total. The van der Waals surface area contributed by atoms with Gasteiger partial charge in [-0.3, -0.25) is 10.1 Å². The molecule has 0 saturated heterocycles. The number of anilines is 2. The lowest BCUT2D eigenvalue weighted by Crippen LogP contribution is -2.11. The summed E-state index contributed by atoms with van der Waals surface area (Å²) in [5, 5.41) is 24.7. The quantitative estimate of drug-likeness (QED) is 0.582. The second-order valence-corrected chi connectivity index (χ2v) is 4.17. The van der Waals surface area contributed by atoms with Gasteiger partial charge in [0.15, 0.2) is 0 Å². The lowest BCUT2D eigenvalue weighted by molar-refractivity contribution is -0.383. The molecule has 0 unspecified atom stereocenters. The maximum atomic E-state index is 11.2. The van der Waals surface area contributed by atoms with Crippen molar-refractivity contribution >= 4 is 17.3 Å². The van der Waals surface area contributed by atoms with Crippen molar-refractivity contribution in [3.63, 3.8) is 0 Å². The molecule has 9 heteroatoms. The second-order valence-electron chi connectivity index (χ2n) is 4.17. The van der Waals surface area contributed by atoms with Gasteiger partial charge >= 0.3 is 5.69 Å². The third kappa shape index (κ3) is 3.81. The summed E-state index contributed by atoms with van der Waals surface area (Å²) in [5.41, 5.74) is 0.489. The van der Waals surface area contributed by atoms with Crippen LogP contribution in [0.3, 0.4) is 0 Å². The predicted molar refractivity (Wildman–Crippen MR) is 76.8 cm³/mol. The Hall–Kier alpha value is -2.84. The van der Waals surface area contributed by atoms with Crippen molar-refractivity contribution in [3.8, 4) is 0 Å². The summed E-state index contributed by atoms with van der Waals surface area (Å²) in [5.74, 6) is 0.359. The third-order valence-corrected chi connectivity index (χ3v) is 2.61. The van der Waals surface area contributed by atoms with Crippen LogP contribution in [0.25, 0.3) is 0 Å². The average Bonchev–Trinajstić information content (AvgIpc) is 2.51. The van der Waals surface area contributed by atoms with Crippen LogP contribution >= 0.6 is 0 Å². The standard InChI is InChI=1S/C12H15N7O2/c1-2-5-13-11-10(19(20)21)12(16-8-15-11)14-7-9-4-3-6-17-18-9/h3-4,6,8H,2,5,7H2,1H3,(H2,13,14,15,16). The van der Waals surface area contributed by atoms with Gasteiger partial charge in [-0.2, -0.15) is 10.2 Å². The van der Waals surface area contributed by atoms with Crippen LogP contribution in [0.4, 0.5) is 17.3 Å². The van der Waals surface area contributed by atoms with Gasteiger partial charge in [0.1, 0.15) is 6.33 Å². The molecule has 0 spiro atoms. The molecule has 21 heavy (non-hydrogen) atoms. The first kappa shape index (κ1) is 14.6. The molecule has 2 heterocycles. The Morgan fingerprint density at radius 2 is 2.05 bits per heavy atom. The lowest BCUT2D eigenvalue weighted by atomic mass is 10.3. The number of rotatable bonds is 7. The Bertz CT molecular complexity index is 606. The maximum absolute atomic E-state index is 11.2. The van der Waals surface area contributed by atoms with E-state index in [0.717, 1.165) is 6.42 Å². The van der Waals surface area contributed by atoms with E-state index in [1.165, 1.54) is 6.33 Å². The molecule has 2 aromatic heterocycles. The number of hydrogen-bond donors (Lipinski definition) is 2. The first-order valence-electron chi connectivity index (χ1n) is 6.46. The number of nitrogens with zero attached hydrogens (tertiary/aromatic N) is 5. The summed E-state index contributed by atoms with van der Waals surface area (Å²) in [6.07, 6.45) is 3.68. The highest BCUT2D eigenvalue weighted by Gasteiger charge is 2.22. The van der Waals surface area contributed by atoms with Gasteiger partial charge < -0.3 is 10.6 Å². The summed E-state index contributed by atoms with van der Waals surface area (Å²) < 4.78 is 0. The van der Waals surface area contributed by atoms with Gasteiger partial charge in [0.2, 0.25) is 11.6 Å². The van der Waals surface area contributed by atoms with Crippen LogP contribution in [0, 0.1) is 10.1 Å². The summed E-state index contributed by atoms with van der Waals surface area (Å²) in [7, 11) is 0. The molecule has 0 atom stereocenters. The van der Waals surface area contributed by atoms with E-state index in [-0.39, 0.29) is 17.3 Å². The van der Waals surface area contributed by atoms with Crippen molar-refractivity contribution in [1.82, 2.24) is 20.2 Å². The summed E-state index contributed by atoms with van der Waals surface area (Å²) in [6, 6.07) is 3.51. The predicted octanol–water partition coefficient (Wildman–Crippen LogP) is 1.61. The zero-order chi connectivity index (χ0) is 15.1. The number of nitro groups is 1. The molecule has 0 aromatic carbocycles. The SMILES string of the molecule is CCCNc1ncnc(NCc2cccnn2)c1[N+](=O)[O-]. The Balaban J connectivity index is 2.20. The maximum Gasteiger partial charge on any atom is 0.353 e. The van der Waals surface area contributed by atoms with Crippen molar-refractivity contribution in [2.45, 2.75) is 19.9 Å². The molecule has 0 bridgehead atoms. The van der Waals surface area contributed by atoms with Gasteiger partial charge in [0, 0.05) is 12.7 Å². The van der Waals surface area contributed by atoms with Crippen molar-refractivity contribution in [2.24, 2.45) is 0 Å². The molecule has 2 N–H and O–H groups in total. The molecule has 0 amide bonds. The van der Waals surface area contributed by atoms with E-state index in [2.05, 4.69) is 30.8 Å². The van der Waals surface area contributed by atoms with Crippen molar-refractivity contribution in [3.05, 3.63) is 40.5 Å². The van der Waals surface area contributed by atoms with Crippen LogP contribution in [-0.2, 0) is 6.54 Å². The van der Waals surface area contributed by atoms with Gasteiger partial charge in [0.05, 0.1) is 17.2 Å². The highest BCUT2D eigenvalue weighted by Crippen LogP contribution is 2.28. The van der Waals surface area contributed by atoms with Crippen molar-refractivity contribution < 1.29 is 4.92 Å². The fourth-order valence-electron chi connectivity index (χ4n) is 1.66. The fourth-order valence-corrected chi connectivity index (χ4v) is 1.66. The molecule has 0 aliphatic heterocycles. The van der Waals surface area contributed by atoms with E-state index in [0.29, 0.717) is 18.8 Å². The van der Waals surface area contributed by atoms with Crippen LogP contribution < -0.4 is 10.6 Å². The van der Waals surface area contributed by atoms with E-state index >= 15 is 0 Å². The number of nitrogens with one attached hydrogen (secondary N) is 2. The molecule has 110 valence electrons. The first-order chi connectivity index (χ1) is 10.2. The van der Waals surface area contributed by atoms with E-state index in [1.807, 2.05) is 6.92 Å². The monoisotopic (exact) mass is 289 g/mol. The van der Waals surface area contributed by atoms with Crippen molar-refractivity contribution in [2.75, 3.05) is 17.2 Å². The molecular formula is C12H15N7O2. The summed E-state index contributed by atoms with van der Waals surface area (Å²) in [6.45, 7) is 2.85. The molecule has 2 rings (SSSR count). The van der Waals surface area contributed by atoms with E-state index < -0.39 is 4.92 Å². The number of hydrogen-bond acceptors (Lipinski definition) is 8.